The van der Waals surface area contributed by atoms with E-state index < -0.39 is 11.6 Å². The molecule has 0 saturated carbocycles. The number of furan rings is 1. The molecular formula is C29H21NO5. The molecule has 6 rings (SSSR count). The highest BCUT2D eigenvalue weighted by atomic mass is 16.5. The van der Waals surface area contributed by atoms with E-state index in [9.17, 15) is 9.59 Å². The molecule has 172 valence electrons. The van der Waals surface area contributed by atoms with Crippen LogP contribution in [0.1, 0.15) is 44.9 Å². The van der Waals surface area contributed by atoms with Crippen LogP contribution in [-0.4, -0.2) is 11.0 Å². The zero-order valence-electron chi connectivity index (χ0n) is 19.0. The highest BCUT2D eigenvalue weighted by Gasteiger charge is 2.28. The molecule has 3 aromatic heterocycles. The minimum Gasteiger partial charge on any atom is -0.465 e. The van der Waals surface area contributed by atoms with Crippen LogP contribution in [0.5, 0.6) is 0 Å². The molecule has 3 heterocycles. The second-order valence-corrected chi connectivity index (χ2v) is 8.68. The van der Waals surface area contributed by atoms with Crippen LogP contribution in [0.2, 0.25) is 0 Å². The molecule has 35 heavy (non-hydrogen) atoms. The molecule has 5 aromatic rings. The number of hydrogen-bond acceptors (Lipinski definition) is 6. The number of pyridine rings is 1. The molecular weight excluding hydrogens is 442 g/mol. The summed E-state index contributed by atoms with van der Waals surface area (Å²) in [4.78, 5) is 30.5. The number of nitrogens with zero attached hydrogens (tertiary/aromatic N) is 1. The average Bonchev–Trinajstić information content (AvgIpc) is 3.51. The van der Waals surface area contributed by atoms with Gasteiger partial charge < -0.3 is 13.6 Å². The van der Waals surface area contributed by atoms with Crippen molar-refractivity contribution in [2.45, 2.75) is 26.4 Å². The van der Waals surface area contributed by atoms with Crippen molar-refractivity contribution in [1.82, 2.24) is 4.98 Å². The lowest BCUT2D eigenvalue weighted by Gasteiger charge is -2.13. The van der Waals surface area contributed by atoms with Gasteiger partial charge in [0.25, 0.3) is 0 Å². The number of aryl methyl sites for hydroxylation is 1. The second-order valence-electron chi connectivity index (χ2n) is 8.68. The smallest absolute Gasteiger partial charge is 0.339 e. The van der Waals surface area contributed by atoms with Crippen molar-refractivity contribution >= 4 is 39.5 Å². The molecule has 0 spiro atoms. The molecule has 6 nitrogen and oxygen atoms in total. The fraction of sp³-hybridized carbons (Fsp3) is 0.138. The number of fused-ring (bicyclic) bond motifs is 3. The Labute approximate surface area is 200 Å². The van der Waals surface area contributed by atoms with Crippen molar-refractivity contribution in [2.24, 2.45) is 0 Å². The Morgan fingerprint density at radius 1 is 1.06 bits per heavy atom. The maximum atomic E-state index is 13.5. The summed E-state index contributed by atoms with van der Waals surface area (Å²) in [6, 6.07) is 18.3. The average molecular weight is 463 g/mol. The number of esters is 1. The van der Waals surface area contributed by atoms with Crippen molar-refractivity contribution in [3.8, 4) is 0 Å². The topological polar surface area (TPSA) is 82.5 Å². The Balaban J connectivity index is 1.40. The van der Waals surface area contributed by atoms with E-state index in [-0.39, 0.29) is 6.61 Å². The highest BCUT2D eigenvalue weighted by Crippen LogP contribution is 2.38. The van der Waals surface area contributed by atoms with Gasteiger partial charge >= 0.3 is 11.6 Å². The predicted molar refractivity (Wildman–Crippen MR) is 133 cm³/mol. The molecule has 0 radical (unpaired) electrons. The van der Waals surface area contributed by atoms with Crippen LogP contribution in [0.4, 0.5) is 0 Å². The molecule has 0 amide bonds. The molecule has 0 fully saturated rings. The number of hydrogen-bond donors (Lipinski definition) is 0. The predicted octanol–water partition coefficient (Wildman–Crippen LogP) is 6.09. The van der Waals surface area contributed by atoms with Crippen LogP contribution in [0.3, 0.4) is 0 Å². The molecule has 6 heteroatoms. The quantitative estimate of drug-likeness (QED) is 0.237. The highest BCUT2D eigenvalue weighted by molar-refractivity contribution is 6.07. The first-order chi connectivity index (χ1) is 17.1. The Hall–Kier alpha value is -4.45. The first kappa shape index (κ1) is 21.1. The standard InChI is InChI=1S/C29H21NO5/c1-17-8-10-21-19(15-26(31)35-25(21)13-17)16-34-29(32)27-22-6-2-3-7-24(22)30-28-18(9-11-23(27)28)14-20-5-4-12-33-20/h2-8,10,12-15H,9,11,16H2,1H3/b18-14-. The van der Waals surface area contributed by atoms with Crippen LogP contribution in [0.25, 0.3) is 33.5 Å². The summed E-state index contributed by atoms with van der Waals surface area (Å²) in [5, 5.41) is 1.50. The Morgan fingerprint density at radius 3 is 2.80 bits per heavy atom. The second kappa shape index (κ2) is 8.40. The zero-order valence-corrected chi connectivity index (χ0v) is 19.0. The van der Waals surface area contributed by atoms with Crippen LogP contribution in [0.15, 0.2) is 80.6 Å². The summed E-state index contributed by atoms with van der Waals surface area (Å²) in [7, 11) is 0. The monoisotopic (exact) mass is 463 g/mol. The number of allylic oxidation sites excluding steroid dienone is 1. The fourth-order valence-electron chi connectivity index (χ4n) is 4.73. The van der Waals surface area contributed by atoms with E-state index in [1.807, 2.05) is 61.5 Å². The number of ether oxygens (including phenoxy) is 1. The summed E-state index contributed by atoms with van der Waals surface area (Å²) in [5.74, 6) is 0.310. The lowest BCUT2D eigenvalue weighted by atomic mass is 10.0. The summed E-state index contributed by atoms with van der Waals surface area (Å²) in [5.41, 5.74) is 5.54. The van der Waals surface area contributed by atoms with E-state index in [4.69, 9.17) is 18.6 Å². The van der Waals surface area contributed by atoms with Crippen LogP contribution in [0, 0.1) is 6.92 Å². The molecule has 0 bridgehead atoms. The van der Waals surface area contributed by atoms with Gasteiger partial charge in [-0.15, -0.1) is 0 Å². The van der Waals surface area contributed by atoms with Crippen LogP contribution in [-0.2, 0) is 17.8 Å². The molecule has 0 unspecified atom stereocenters. The number of carbonyl (C=O) groups excluding carboxylic acids is 1. The van der Waals surface area contributed by atoms with Gasteiger partial charge in [0.1, 0.15) is 18.0 Å². The normalized spacial score (nSPS) is 14.0. The van der Waals surface area contributed by atoms with Gasteiger partial charge in [-0.25, -0.2) is 14.6 Å². The molecule has 0 aliphatic heterocycles. The molecule has 0 N–H and O–H groups in total. The third-order valence-electron chi connectivity index (χ3n) is 6.35. The first-order valence-electron chi connectivity index (χ1n) is 11.4. The summed E-state index contributed by atoms with van der Waals surface area (Å²) in [6.07, 6.45) is 5.04. The fourth-order valence-corrected chi connectivity index (χ4v) is 4.73. The minimum atomic E-state index is -0.475. The van der Waals surface area contributed by atoms with Gasteiger partial charge in [0.15, 0.2) is 0 Å². The Morgan fingerprint density at radius 2 is 1.94 bits per heavy atom. The van der Waals surface area contributed by atoms with E-state index in [1.54, 1.807) is 12.3 Å². The summed E-state index contributed by atoms with van der Waals surface area (Å²) >= 11 is 0. The number of benzene rings is 2. The van der Waals surface area contributed by atoms with Crippen LogP contribution < -0.4 is 5.63 Å². The zero-order chi connectivity index (χ0) is 23.9. The molecule has 1 aliphatic carbocycles. The molecule has 0 atom stereocenters. The minimum absolute atomic E-state index is 0.0372. The summed E-state index contributed by atoms with van der Waals surface area (Å²) in [6.45, 7) is 1.89. The van der Waals surface area contributed by atoms with Gasteiger partial charge in [0.2, 0.25) is 0 Å². The van der Waals surface area contributed by atoms with E-state index >= 15 is 0 Å². The van der Waals surface area contributed by atoms with Gasteiger partial charge in [0.05, 0.1) is 23.0 Å². The lowest BCUT2D eigenvalue weighted by molar-refractivity contribution is 0.0475. The van der Waals surface area contributed by atoms with Crippen molar-refractivity contribution in [2.75, 3.05) is 0 Å². The largest absolute Gasteiger partial charge is 0.465 e. The third kappa shape index (κ3) is 3.83. The summed E-state index contributed by atoms with van der Waals surface area (Å²) < 4.78 is 16.6. The third-order valence-corrected chi connectivity index (χ3v) is 6.35. The molecule has 1 aliphatic rings. The van der Waals surface area contributed by atoms with Gasteiger partial charge in [-0.1, -0.05) is 30.3 Å². The first-order valence-corrected chi connectivity index (χ1v) is 11.4. The number of rotatable bonds is 4. The molecule has 2 aromatic carbocycles. The lowest BCUT2D eigenvalue weighted by Crippen LogP contribution is -2.11. The van der Waals surface area contributed by atoms with Crippen molar-refractivity contribution in [1.29, 1.82) is 0 Å². The Kier molecular flexibility index (Phi) is 5.07. The van der Waals surface area contributed by atoms with E-state index in [2.05, 4.69) is 0 Å². The van der Waals surface area contributed by atoms with Crippen LogP contribution >= 0.6 is 0 Å². The van der Waals surface area contributed by atoms with Gasteiger partial charge in [-0.05, 0) is 66.8 Å². The number of para-hydroxylation sites is 1. The van der Waals surface area contributed by atoms with Gasteiger partial charge in [-0.2, -0.15) is 0 Å². The van der Waals surface area contributed by atoms with E-state index in [1.165, 1.54) is 6.07 Å². The van der Waals surface area contributed by atoms with Crippen molar-refractivity contribution in [3.63, 3.8) is 0 Å². The number of aromatic nitrogens is 1. The van der Waals surface area contributed by atoms with E-state index in [0.717, 1.165) is 50.9 Å². The maximum Gasteiger partial charge on any atom is 0.339 e. The molecule has 0 saturated heterocycles. The Bertz CT molecular complexity index is 1690. The maximum absolute atomic E-state index is 13.5. The van der Waals surface area contributed by atoms with Gasteiger partial charge in [-0.3, -0.25) is 0 Å². The number of carbonyl (C=O) groups is 1. The van der Waals surface area contributed by atoms with Crippen molar-refractivity contribution < 1.29 is 18.4 Å². The van der Waals surface area contributed by atoms with E-state index in [0.29, 0.717) is 23.1 Å². The SMILES string of the molecule is Cc1ccc2c(COC(=O)c3c4c(nc5ccccc35)/C(=C\c3ccco3)CC4)cc(=O)oc2c1. The van der Waals surface area contributed by atoms with Crippen molar-refractivity contribution in [3.05, 3.63) is 111 Å². The van der Waals surface area contributed by atoms with Gasteiger partial charge in [0, 0.05) is 22.4 Å².